The summed E-state index contributed by atoms with van der Waals surface area (Å²) in [5, 5.41) is 2.71. The van der Waals surface area contributed by atoms with Crippen molar-refractivity contribution in [3.8, 4) is 5.75 Å². The zero-order chi connectivity index (χ0) is 27.8. The number of nitrogen functional groups attached to an aromatic ring is 1. The first-order valence-corrected chi connectivity index (χ1v) is 13.9. The molecule has 12 nitrogen and oxygen atoms in total. The van der Waals surface area contributed by atoms with Gasteiger partial charge >= 0.3 is 6.09 Å². The average Bonchev–Trinajstić information content (AvgIpc) is 3.34. The van der Waals surface area contributed by atoms with E-state index in [0.717, 1.165) is 11.1 Å². The van der Waals surface area contributed by atoms with Crippen LogP contribution < -0.4 is 20.5 Å². The predicted molar refractivity (Wildman–Crippen MR) is 146 cm³/mol. The van der Waals surface area contributed by atoms with Gasteiger partial charge in [-0.25, -0.2) is 22.9 Å². The van der Waals surface area contributed by atoms with Crippen LogP contribution in [-0.4, -0.2) is 47.7 Å². The summed E-state index contributed by atoms with van der Waals surface area (Å²) in [6, 6.07) is 13.4. The number of unbranched alkanes of at least 4 members (excludes halogenated alkanes) is 1. The molecule has 0 saturated carbocycles. The number of aromatic nitrogens is 4. The van der Waals surface area contributed by atoms with Crippen LogP contribution in [0, 0.1) is 0 Å². The number of carbonyl (C=O) groups excluding carboxylic acids is 1. The Balaban J connectivity index is 1.17. The lowest BCUT2D eigenvalue weighted by Gasteiger charge is -2.10. The molecule has 0 aliphatic heterocycles. The number of benzene rings is 2. The maximum Gasteiger partial charge on any atom is 0.407 e. The largest absolute Gasteiger partial charge is 0.497 e. The Hall–Kier alpha value is -3.94. The first kappa shape index (κ1) is 28.1. The maximum atomic E-state index is 12.6. The second-order valence-electron chi connectivity index (χ2n) is 8.50. The highest BCUT2D eigenvalue weighted by Crippen LogP contribution is 2.19. The normalized spacial score (nSPS) is 11.4. The number of alkyl carbamates (subject to hydrolysis) is 1. The molecule has 0 atom stereocenters. The third-order valence-electron chi connectivity index (χ3n) is 5.76. The van der Waals surface area contributed by atoms with Crippen LogP contribution >= 0.6 is 11.6 Å². The van der Waals surface area contributed by atoms with Crippen LogP contribution in [0.15, 0.2) is 59.8 Å². The fourth-order valence-electron chi connectivity index (χ4n) is 3.71. The van der Waals surface area contributed by atoms with Gasteiger partial charge in [-0.3, -0.25) is 0 Å². The number of rotatable bonds is 12. The number of nitrogens with two attached hydrogens (primary N) is 1. The molecule has 2 aromatic heterocycles. The minimum Gasteiger partial charge on any atom is -0.497 e. The summed E-state index contributed by atoms with van der Waals surface area (Å²) in [6.07, 6.45) is 2.39. The zero-order valence-corrected chi connectivity index (χ0v) is 22.7. The number of ether oxygens (including phenoxy) is 2. The van der Waals surface area contributed by atoms with Gasteiger partial charge in [0.25, 0.3) is 0 Å². The van der Waals surface area contributed by atoms with Crippen molar-refractivity contribution >= 4 is 44.7 Å². The van der Waals surface area contributed by atoms with Crippen molar-refractivity contribution in [2.75, 3.05) is 19.5 Å². The van der Waals surface area contributed by atoms with Crippen LogP contribution in [0.3, 0.4) is 0 Å². The van der Waals surface area contributed by atoms with E-state index in [1.165, 1.54) is 12.1 Å². The second-order valence-corrected chi connectivity index (χ2v) is 10.6. The Bertz CT molecular complexity index is 1540. The van der Waals surface area contributed by atoms with Crippen LogP contribution in [-0.2, 0) is 34.4 Å². The Morgan fingerprint density at radius 1 is 1.08 bits per heavy atom. The van der Waals surface area contributed by atoms with Crippen molar-refractivity contribution in [1.29, 1.82) is 0 Å². The quantitative estimate of drug-likeness (QED) is 0.170. The number of nitrogens with zero attached hydrogens (tertiary/aromatic N) is 4. The fraction of sp³-hybridized carbons (Fsp3) is 0.280. The lowest BCUT2D eigenvalue weighted by atomic mass is 10.2. The van der Waals surface area contributed by atoms with E-state index in [2.05, 4.69) is 25.0 Å². The molecule has 0 radical (unpaired) electrons. The molecule has 0 saturated heterocycles. The number of anilines is 1. The van der Waals surface area contributed by atoms with Crippen LogP contribution in [0.2, 0.25) is 5.28 Å². The van der Waals surface area contributed by atoms with Gasteiger partial charge in [0.2, 0.25) is 15.3 Å². The van der Waals surface area contributed by atoms with Crippen molar-refractivity contribution in [3.63, 3.8) is 0 Å². The molecule has 0 unspecified atom stereocenters. The van der Waals surface area contributed by atoms with E-state index >= 15 is 0 Å². The van der Waals surface area contributed by atoms with Crippen LogP contribution in [0.4, 0.5) is 10.6 Å². The minimum atomic E-state index is -3.70. The first-order valence-electron chi connectivity index (χ1n) is 12.0. The van der Waals surface area contributed by atoms with E-state index in [-0.39, 0.29) is 35.7 Å². The van der Waals surface area contributed by atoms with Crippen molar-refractivity contribution in [2.45, 2.75) is 37.4 Å². The molecule has 0 fully saturated rings. The molecule has 1 amide bonds. The second kappa shape index (κ2) is 12.7. The number of fused-ring (bicyclic) bond motifs is 1. The van der Waals surface area contributed by atoms with E-state index in [0.29, 0.717) is 36.3 Å². The number of methoxy groups -OCH3 is 1. The Morgan fingerprint density at radius 2 is 1.87 bits per heavy atom. The number of carbonyl (C=O) groups is 1. The molecule has 0 spiro atoms. The molecule has 4 N–H and O–H groups in total. The SMILES string of the molecule is COc1cccc(CNS(=O)(=O)c2ccc(CNC(=O)OCCCCn3cnc4c(N)nc(Cl)nc43)cc2)c1. The first-order chi connectivity index (χ1) is 18.7. The number of hydrogen-bond acceptors (Lipinski definition) is 9. The topological polar surface area (TPSA) is 163 Å². The summed E-state index contributed by atoms with van der Waals surface area (Å²) in [4.78, 5) is 24.4. The lowest BCUT2D eigenvalue weighted by Crippen LogP contribution is -2.25. The van der Waals surface area contributed by atoms with Gasteiger partial charge in [-0.2, -0.15) is 9.97 Å². The summed E-state index contributed by atoms with van der Waals surface area (Å²) < 4.78 is 40.0. The molecule has 4 aromatic rings. The molecule has 0 aliphatic rings. The van der Waals surface area contributed by atoms with E-state index in [1.54, 1.807) is 43.8 Å². The zero-order valence-electron chi connectivity index (χ0n) is 21.1. The number of aryl methyl sites for hydroxylation is 1. The molecular formula is C25H28ClN7O5S. The van der Waals surface area contributed by atoms with Gasteiger partial charge in [0.05, 0.1) is 24.9 Å². The number of nitrogens with one attached hydrogen (secondary N) is 2. The van der Waals surface area contributed by atoms with Gasteiger partial charge in [-0.1, -0.05) is 24.3 Å². The third-order valence-corrected chi connectivity index (χ3v) is 7.35. The van der Waals surface area contributed by atoms with E-state index in [9.17, 15) is 13.2 Å². The number of hydrogen-bond donors (Lipinski definition) is 3. The fourth-order valence-corrected chi connectivity index (χ4v) is 4.90. The molecular weight excluding hydrogens is 546 g/mol. The lowest BCUT2D eigenvalue weighted by molar-refractivity contribution is 0.143. The van der Waals surface area contributed by atoms with Crippen LogP contribution in [0.5, 0.6) is 5.75 Å². The molecule has 39 heavy (non-hydrogen) atoms. The Kier molecular flexibility index (Phi) is 9.17. The molecule has 206 valence electrons. The summed E-state index contributed by atoms with van der Waals surface area (Å²) in [5.41, 5.74) is 8.36. The third kappa shape index (κ3) is 7.56. The van der Waals surface area contributed by atoms with Crippen LogP contribution in [0.25, 0.3) is 11.2 Å². The summed E-state index contributed by atoms with van der Waals surface area (Å²) >= 11 is 5.87. The minimum absolute atomic E-state index is 0.0547. The Labute approximate surface area is 230 Å². The van der Waals surface area contributed by atoms with E-state index < -0.39 is 16.1 Å². The average molecular weight is 574 g/mol. The van der Waals surface area contributed by atoms with Gasteiger partial charge in [-0.15, -0.1) is 0 Å². The number of amides is 1. The smallest absolute Gasteiger partial charge is 0.407 e. The Morgan fingerprint density at radius 3 is 2.64 bits per heavy atom. The van der Waals surface area contributed by atoms with Gasteiger partial charge in [0.1, 0.15) is 11.3 Å². The molecule has 0 aliphatic carbocycles. The summed E-state index contributed by atoms with van der Waals surface area (Å²) in [7, 11) is -2.15. The monoisotopic (exact) mass is 573 g/mol. The van der Waals surface area contributed by atoms with Gasteiger partial charge in [-0.05, 0) is 59.8 Å². The molecule has 2 aromatic carbocycles. The number of sulfonamides is 1. The van der Waals surface area contributed by atoms with Crippen molar-refractivity contribution in [3.05, 3.63) is 71.3 Å². The highest BCUT2D eigenvalue weighted by Gasteiger charge is 2.14. The highest BCUT2D eigenvalue weighted by atomic mass is 35.5. The van der Waals surface area contributed by atoms with Crippen molar-refractivity contribution in [2.24, 2.45) is 0 Å². The molecule has 14 heteroatoms. The standard InChI is InChI=1S/C25H28ClN7O5S/c1-37-19-6-4-5-18(13-19)15-30-39(35,36)20-9-7-17(8-10-20)14-28-25(34)38-12-3-2-11-33-16-29-21-22(27)31-24(26)32-23(21)33/h4-10,13,16,30H,2-3,11-12,14-15H2,1H3,(H,28,34)(H2,27,31,32). The molecule has 4 rings (SSSR count). The number of halogens is 1. The van der Waals surface area contributed by atoms with Crippen molar-refractivity contribution < 1.29 is 22.7 Å². The predicted octanol–water partition coefficient (Wildman–Crippen LogP) is 3.26. The van der Waals surface area contributed by atoms with E-state index in [4.69, 9.17) is 26.8 Å². The maximum absolute atomic E-state index is 12.6. The van der Waals surface area contributed by atoms with Crippen molar-refractivity contribution in [1.82, 2.24) is 29.6 Å². The molecule has 0 bridgehead atoms. The summed E-state index contributed by atoms with van der Waals surface area (Å²) in [5.74, 6) is 0.874. The van der Waals surface area contributed by atoms with E-state index in [1.807, 2.05) is 10.6 Å². The van der Waals surface area contributed by atoms with Gasteiger partial charge in [0.15, 0.2) is 11.5 Å². The molecule has 2 heterocycles. The summed E-state index contributed by atoms with van der Waals surface area (Å²) in [6.45, 7) is 1.15. The highest BCUT2D eigenvalue weighted by molar-refractivity contribution is 7.89. The van der Waals surface area contributed by atoms with Gasteiger partial charge in [0, 0.05) is 19.6 Å². The van der Waals surface area contributed by atoms with Gasteiger partial charge < -0.3 is 25.1 Å². The van der Waals surface area contributed by atoms with Crippen LogP contribution in [0.1, 0.15) is 24.0 Å². The number of imidazole rings is 1.